The fourth-order valence-corrected chi connectivity index (χ4v) is 6.03. The van der Waals surface area contributed by atoms with Crippen molar-refractivity contribution in [3.05, 3.63) is 59.4 Å². The first-order chi connectivity index (χ1) is 17.7. The second-order valence-corrected chi connectivity index (χ2v) is 16.8. The molecule has 198 valence electrons. The minimum absolute atomic E-state index is 0.0345. The summed E-state index contributed by atoms with van der Waals surface area (Å²) in [5.41, 5.74) is 2.62. The van der Waals surface area contributed by atoms with Crippen molar-refractivity contribution in [1.29, 1.82) is 0 Å². The number of carbonyl (C=O) groups is 3. The van der Waals surface area contributed by atoms with Crippen LogP contribution in [0, 0.1) is 11.8 Å². The first-order valence-electron chi connectivity index (χ1n) is 13.2. The fourth-order valence-electron chi connectivity index (χ4n) is 5.31. The molecule has 8 heteroatoms. The molecule has 0 aliphatic heterocycles. The average Bonchev–Trinajstić information content (AvgIpc) is 2.86. The number of Topliss-reactive ketones (excluding diaryl/α,β-unsaturated/α-hetero) is 1. The lowest BCUT2D eigenvalue weighted by Gasteiger charge is -2.46. The lowest BCUT2D eigenvalue weighted by Crippen LogP contribution is -2.50. The molecule has 4 atom stereocenters. The molecule has 37 heavy (non-hydrogen) atoms. The Labute approximate surface area is 219 Å². The van der Waals surface area contributed by atoms with E-state index in [9.17, 15) is 14.4 Å². The largest absolute Gasteiger partial charge is 0.493 e. The maximum Gasteiger partial charge on any atom is 0.310 e. The van der Waals surface area contributed by atoms with Crippen LogP contribution in [0.25, 0.3) is 0 Å². The minimum Gasteiger partial charge on any atom is -0.493 e. The van der Waals surface area contributed by atoms with E-state index >= 15 is 0 Å². The van der Waals surface area contributed by atoms with Gasteiger partial charge < -0.3 is 14.2 Å². The van der Waals surface area contributed by atoms with Crippen LogP contribution in [-0.4, -0.2) is 50.6 Å². The number of esters is 2. The summed E-state index contributed by atoms with van der Waals surface area (Å²) >= 11 is 0. The van der Waals surface area contributed by atoms with Crippen LogP contribution >= 0.6 is 0 Å². The lowest BCUT2D eigenvalue weighted by atomic mass is 9.55. The van der Waals surface area contributed by atoms with Gasteiger partial charge in [0.2, 0.25) is 0 Å². The molecule has 1 unspecified atom stereocenters. The topological polar surface area (TPSA) is 91.8 Å². The van der Waals surface area contributed by atoms with Gasteiger partial charge in [-0.15, -0.1) is 0 Å². The molecule has 0 spiro atoms. The maximum atomic E-state index is 13.4. The van der Waals surface area contributed by atoms with Crippen molar-refractivity contribution in [1.82, 2.24) is 4.98 Å². The third-order valence-corrected chi connectivity index (χ3v) is 8.89. The minimum atomic E-state index is -1.40. The van der Waals surface area contributed by atoms with Crippen LogP contribution in [0.4, 0.5) is 0 Å². The highest BCUT2D eigenvalue weighted by Crippen LogP contribution is 2.55. The average molecular weight is 524 g/mol. The van der Waals surface area contributed by atoms with Crippen LogP contribution in [0.5, 0.6) is 5.75 Å². The highest BCUT2D eigenvalue weighted by atomic mass is 28.3. The van der Waals surface area contributed by atoms with Crippen molar-refractivity contribution < 1.29 is 28.6 Å². The van der Waals surface area contributed by atoms with Crippen molar-refractivity contribution in [2.24, 2.45) is 11.8 Å². The SMILES string of the molecule is CCCOC(=O)[C@H]1[C@H](C(=O)OCC[Si](C)(C)C)C2CC(=O)[C@H]1c1cc(OCCc3ccccn3)ccc12. The predicted molar refractivity (Wildman–Crippen MR) is 142 cm³/mol. The Balaban J connectivity index is 1.58. The number of ether oxygens (including phenoxy) is 3. The molecule has 0 radical (unpaired) electrons. The zero-order valence-electron chi connectivity index (χ0n) is 22.2. The lowest BCUT2D eigenvalue weighted by molar-refractivity contribution is -0.167. The molecule has 7 nitrogen and oxygen atoms in total. The Morgan fingerprint density at radius 1 is 0.973 bits per heavy atom. The summed E-state index contributed by atoms with van der Waals surface area (Å²) in [6, 6.07) is 12.3. The summed E-state index contributed by atoms with van der Waals surface area (Å²) in [6.45, 7) is 9.60. The van der Waals surface area contributed by atoms with Crippen LogP contribution in [-0.2, 0) is 30.3 Å². The number of aromatic nitrogens is 1. The number of benzene rings is 1. The molecule has 3 aliphatic carbocycles. The Kier molecular flexibility index (Phi) is 8.47. The Bertz CT molecular complexity index is 1130. The van der Waals surface area contributed by atoms with Crippen LogP contribution in [0.3, 0.4) is 0 Å². The normalized spacial score (nSPS) is 22.3. The summed E-state index contributed by atoms with van der Waals surface area (Å²) in [5.74, 6) is -3.06. The van der Waals surface area contributed by atoms with Gasteiger partial charge in [-0.05, 0) is 47.9 Å². The number of hydrogen-bond acceptors (Lipinski definition) is 7. The van der Waals surface area contributed by atoms with Gasteiger partial charge in [0.15, 0.2) is 0 Å². The molecular weight excluding hydrogens is 486 g/mol. The van der Waals surface area contributed by atoms with E-state index in [1.54, 1.807) is 6.20 Å². The molecule has 2 bridgehead atoms. The van der Waals surface area contributed by atoms with Crippen molar-refractivity contribution in [2.75, 3.05) is 19.8 Å². The molecule has 1 saturated carbocycles. The Hall–Kier alpha value is -3.00. The van der Waals surface area contributed by atoms with Crippen molar-refractivity contribution >= 4 is 25.8 Å². The standard InChI is InChI=1S/C29H37NO6Si/c1-5-13-35-29(33)27-25-22-17-20(34-14-11-19-8-6-7-12-30-19)9-10-21(22)23(18-24(25)31)26(27)28(32)36-15-16-37(2,3)4/h6-10,12,17,23,25-27H,5,11,13-16,18H2,1-4H3/t23?,25-,26-,27-/m1/s1. The Morgan fingerprint density at radius 2 is 1.73 bits per heavy atom. The van der Waals surface area contributed by atoms with Gasteiger partial charge in [-0.25, -0.2) is 0 Å². The van der Waals surface area contributed by atoms with E-state index in [0.29, 0.717) is 31.8 Å². The van der Waals surface area contributed by atoms with Crippen LogP contribution in [0.2, 0.25) is 25.7 Å². The molecular formula is C29H37NO6Si. The monoisotopic (exact) mass is 523 g/mol. The van der Waals surface area contributed by atoms with Gasteiger partial charge in [0.1, 0.15) is 11.5 Å². The zero-order chi connectivity index (χ0) is 26.6. The van der Waals surface area contributed by atoms with E-state index in [4.69, 9.17) is 14.2 Å². The van der Waals surface area contributed by atoms with E-state index in [2.05, 4.69) is 24.6 Å². The summed E-state index contributed by atoms with van der Waals surface area (Å²) in [4.78, 5) is 44.2. The third kappa shape index (κ3) is 6.29. The quantitative estimate of drug-likeness (QED) is 0.305. The molecule has 0 saturated heterocycles. The van der Waals surface area contributed by atoms with Gasteiger partial charge in [0, 0.05) is 38.7 Å². The van der Waals surface area contributed by atoms with Crippen LogP contribution in [0.1, 0.15) is 48.4 Å². The summed E-state index contributed by atoms with van der Waals surface area (Å²) < 4.78 is 17.2. The van der Waals surface area contributed by atoms with E-state index in [-0.39, 0.29) is 18.8 Å². The zero-order valence-corrected chi connectivity index (χ0v) is 23.2. The van der Waals surface area contributed by atoms with Crippen molar-refractivity contribution in [2.45, 2.75) is 63.7 Å². The summed E-state index contributed by atoms with van der Waals surface area (Å²) in [5, 5.41) is 0. The molecule has 0 amide bonds. The number of hydrogen-bond donors (Lipinski definition) is 0. The number of fused-ring (bicyclic) bond motifs is 2. The highest BCUT2D eigenvalue weighted by Gasteiger charge is 2.57. The van der Waals surface area contributed by atoms with Crippen LogP contribution in [0.15, 0.2) is 42.6 Å². The number of carbonyl (C=O) groups excluding carboxylic acids is 3. The molecule has 5 rings (SSSR count). The second kappa shape index (κ2) is 11.6. The highest BCUT2D eigenvalue weighted by molar-refractivity contribution is 6.76. The first kappa shape index (κ1) is 27.0. The number of nitrogens with zero attached hydrogens (tertiary/aromatic N) is 1. The molecule has 3 aliphatic rings. The Morgan fingerprint density at radius 3 is 2.43 bits per heavy atom. The first-order valence-corrected chi connectivity index (χ1v) is 16.9. The van der Waals surface area contributed by atoms with Gasteiger partial charge in [0.05, 0.1) is 37.6 Å². The predicted octanol–water partition coefficient (Wildman–Crippen LogP) is 4.92. The summed E-state index contributed by atoms with van der Waals surface area (Å²) in [7, 11) is -1.40. The number of rotatable bonds is 11. The van der Waals surface area contributed by atoms with E-state index in [0.717, 1.165) is 22.9 Å². The van der Waals surface area contributed by atoms with Gasteiger partial charge in [0.25, 0.3) is 0 Å². The molecule has 1 aromatic carbocycles. The third-order valence-electron chi connectivity index (χ3n) is 7.18. The van der Waals surface area contributed by atoms with Gasteiger partial charge >= 0.3 is 11.9 Å². The molecule has 1 heterocycles. The maximum absolute atomic E-state index is 13.4. The van der Waals surface area contributed by atoms with Gasteiger partial charge in [-0.3, -0.25) is 19.4 Å². The van der Waals surface area contributed by atoms with Gasteiger partial charge in [-0.1, -0.05) is 38.7 Å². The molecule has 2 aromatic rings. The van der Waals surface area contributed by atoms with Crippen molar-refractivity contribution in [3.63, 3.8) is 0 Å². The smallest absolute Gasteiger partial charge is 0.310 e. The van der Waals surface area contributed by atoms with E-state index in [1.807, 2.05) is 43.3 Å². The van der Waals surface area contributed by atoms with E-state index in [1.165, 1.54) is 0 Å². The fraction of sp³-hybridized carbons (Fsp3) is 0.517. The molecule has 0 N–H and O–H groups in total. The molecule has 1 fully saturated rings. The summed E-state index contributed by atoms with van der Waals surface area (Å²) in [6.07, 6.45) is 3.29. The molecule has 1 aromatic heterocycles. The van der Waals surface area contributed by atoms with Crippen LogP contribution < -0.4 is 4.74 Å². The number of ketones is 1. The number of pyridine rings is 1. The van der Waals surface area contributed by atoms with Gasteiger partial charge in [-0.2, -0.15) is 0 Å². The van der Waals surface area contributed by atoms with E-state index < -0.39 is 43.7 Å². The second-order valence-electron chi connectivity index (χ2n) is 11.2. The van der Waals surface area contributed by atoms with Crippen molar-refractivity contribution in [3.8, 4) is 5.75 Å².